The van der Waals surface area contributed by atoms with E-state index in [-0.39, 0.29) is 4.32 Å². The molecule has 0 aliphatic rings. The van der Waals surface area contributed by atoms with Crippen molar-refractivity contribution < 1.29 is 0 Å². The van der Waals surface area contributed by atoms with Gasteiger partial charge >= 0.3 is 0 Å². The van der Waals surface area contributed by atoms with Crippen molar-refractivity contribution >= 4 is 74.7 Å². The molecule has 0 saturated heterocycles. The van der Waals surface area contributed by atoms with Gasteiger partial charge in [0.15, 0.2) is 0 Å². The van der Waals surface area contributed by atoms with Crippen molar-refractivity contribution in [2.24, 2.45) is 0 Å². The number of nitrogens with two attached hydrogens (primary N) is 1. The lowest BCUT2D eigenvalue weighted by atomic mass is 9.84. The Balaban J connectivity index is 1.91. The van der Waals surface area contributed by atoms with E-state index in [0.717, 1.165) is 11.3 Å². The van der Waals surface area contributed by atoms with Gasteiger partial charge in [0.25, 0.3) is 0 Å². The largest absolute Gasteiger partial charge is 0.398 e. The Morgan fingerprint density at radius 1 is 0.688 bits per heavy atom. The van der Waals surface area contributed by atoms with E-state index in [1.165, 1.54) is 52.8 Å². The quantitative estimate of drug-likeness (QED) is 0.188. The normalized spacial score (nSPS) is 12.3. The Bertz CT molecular complexity index is 1670. The minimum atomic E-state index is -0.203. The van der Waals surface area contributed by atoms with Crippen molar-refractivity contribution in [2.75, 3.05) is 5.73 Å². The molecule has 0 radical (unpaired) electrons. The molecule has 0 amide bonds. The van der Waals surface area contributed by atoms with E-state index in [0.29, 0.717) is 0 Å². The van der Waals surface area contributed by atoms with Gasteiger partial charge in [0.2, 0.25) is 0 Å². The fraction of sp³-hybridized carbons (Fsp3) is 0.103. The molecular formula is C29H22BrNS. The fourth-order valence-electron chi connectivity index (χ4n) is 4.98. The maximum Gasteiger partial charge on any atom is 0.0495 e. The molecule has 0 aliphatic heterocycles. The van der Waals surface area contributed by atoms with Crippen molar-refractivity contribution in [2.45, 2.75) is 18.2 Å². The van der Waals surface area contributed by atoms with Crippen LogP contribution in [0.2, 0.25) is 0 Å². The average molecular weight is 496 g/mol. The second-order valence-electron chi connectivity index (χ2n) is 8.82. The molecule has 0 spiro atoms. The highest BCUT2D eigenvalue weighted by atomic mass is 79.9. The summed E-state index contributed by atoms with van der Waals surface area (Å²) in [5, 5.41) is 7.33. The van der Waals surface area contributed by atoms with Gasteiger partial charge in [-0.15, -0.1) is 11.3 Å². The molecule has 1 nitrogen and oxygen atoms in total. The van der Waals surface area contributed by atoms with Gasteiger partial charge in [-0.25, -0.2) is 0 Å². The van der Waals surface area contributed by atoms with Gasteiger partial charge in [-0.1, -0.05) is 94.8 Å². The van der Waals surface area contributed by atoms with Crippen LogP contribution in [0, 0.1) is 0 Å². The Kier molecular flexibility index (Phi) is 4.36. The molecule has 0 bridgehead atoms. The molecule has 5 aromatic carbocycles. The second-order valence-corrected chi connectivity index (χ2v) is 11.9. The topological polar surface area (TPSA) is 26.0 Å². The van der Waals surface area contributed by atoms with Crippen LogP contribution in [0.1, 0.15) is 19.4 Å². The molecule has 2 N–H and O–H groups in total. The second kappa shape index (κ2) is 7.06. The standard InChI is InChI=1S/C29H22BrNS/c1-29(2,30)22-16-15-17-9-3-4-10-18(17)24(22)25-19-11-5-6-12-20(19)28-26(27(25)31)21-13-7-8-14-23(21)32-28/h3-16H,31H2,1-2H3. The van der Waals surface area contributed by atoms with Gasteiger partial charge in [-0.3, -0.25) is 0 Å². The molecule has 0 aliphatic carbocycles. The Labute approximate surface area is 199 Å². The van der Waals surface area contributed by atoms with Gasteiger partial charge in [0.05, 0.1) is 0 Å². The van der Waals surface area contributed by atoms with Crippen LogP contribution in [0.25, 0.3) is 52.8 Å². The Morgan fingerprint density at radius 3 is 2.06 bits per heavy atom. The number of hydrogen-bond donors (Lipinski definition) is 1. The molecular weight excluding hydrogens is 474 g/mol. The zero-order valence-corrected chi connectivity index (χ0v) is 20.3. The number of thiophene rings is 1. The predicted octanol–water partition coefficient (Wildman–Crippen LogP) is 9.24. The van der Waals surface area contributed by atoms with Crippen molar-refractivity contribution in [3.8, 4) is 11.1 Å². The van der Waals surface area contributed by atoms with Gasteiger partial charge in [0.1, 0.15) is 0 Å². The molecule has 0 unspecified atom stereocenters. The van der Waals surface area contributed by atoms with Gasteiger partial charge in [0, 0.05) is 41.1 Å². The SMILES string of the molecule is CC(C)(Br)c1ccc2ccccc2c1-c1c(N)c2c3ccccc3sc2c2ccccc12. The first-order chi connectivity index (χ1) is 15.4. The van der Waals surface area contributed by atoms with Crippen molar-refractivity contribution in [3.05, 3.63) is 90.5 Å². The number of anilines is 1. The lowest BCUT2D eigenvalue weighted by molar-refractivity contribution is 0.807. The smallest absolute Gasteiger partial charge is 0.0495 e. The Hall–Kier alpha value is -2.88. The summed E-state index contributed by atoms with van der Waals surface area (Å²) in [6.07, 6.45) is 0. The van der Waals surface area contributed by atoms with E-state index in [1.54, 1.807) is 0 Å². The molecule has 0 atom stereocenters. The van der Waals surface area contributed by atoms with E-state index in [2.05, 4.69) is 115 Å². The third kappa shape index (κ3) is 2.81. The lowest BCUT2D eigenvalue weighted by Gasteiger charge is -2.25. The first kappa shape index (κ1) is 19.8. The molecule has 6 rings (SSSR count). The van der Waals surface area contributed by atoms with Crippen LogP contribution in [0.15, 0.2) is 84.9 Å². The third-order valence-corrected chi connectivity index (χ3v) is 8.03. The van der Waals surface area contributed by atoms with E-state index < -0.39 is 0 Å². The van der Waals surface area contributed by atoms with Gasteiger partial charge in [-0.05, 0) is 47.2 Å². The molecule has 156 valence electrons. The van der Waals surface area contributed by atoms with Crippen LogP contribution >= 0.6 is 27.3 Å². The summed E-state index contributed by atoms with van der Waals surface area (Å²) in [6, 6.07) is 30.4. The highest BCUT2D eigenvalue weighted by Gasteiger charge is 2.26. The molecule has 1 heterocycles. The Morgan fingerprint density at radius 2 is 1.31 bits per heavy atom. The number of fused-ring (bicyclic) bond motifs is 6. The number of rotatable bonds is 2. The number of nitrogen functional groups attached to an aromatic ring is 1. The van der Waals surface area contributed by atoms with E-state index in [9.17, 15) is 0 Å². The maximum absolute atomic E-state index is 7.12. The minimum Gasteiger partial charge on any atom is -0.398 e. The molecule has 6 aromatic rings. The molecule has 1 aromatic heterocycles. The fourth-order valence-corrected chi connectivity index (χ4v) is 6.56. The highest BCUT2D eigenvalue weighted by Crippen LogP contribution is 2.51. The van der Waals surface area contributed by atoms with Crippen LogP contribution in [0.5, 0.6) is 0 Å². The van der Waals surface area contributed by atoms with E-state index in [4.69, 9.17) is 5.73 Å². The van der Waals surface area contributed by atoms with Gasteiger partial charge < -0.3 is 5.73 Å². The number of alkyl halides is 1. The molecule has 0 saturated carbocycles. The van der Waals surface area contributed by atoms with Crippen molar-refractivity contribution in [3.63, 3.8) is 0 Å². The van der Waals surface area contributed by atoms with Gasteiger partial charge in [-0.2, -0.15) is 0 Å². The van der Waals surface area contributed by atoms with Crippen LogP contribution in [0.4, 0.5) is 5.69 Å². The number of halogens is 1. The summed E-state index contributed by atoms with van der Waals surface area (Å²) in [5.74, 6) is 0. The summed E-state index contributed by atoms with van der Waals surface area (Å²) in [5.41, 5.74) is 11.6. The summed E-state index contributed by atoms with van der Waals surface area (Å²) in [6.45, 7) is 4.41. The zero-order valence-electron chi connectivity index (χ0n) is 17.9. The summed E-state index contributed by atoms with van der Waals surface area (Å²) in [4.78, 5) is 0. The van der Waals surface area contributed by atoms with Crippen molar-refractivity contribution in [1.29, 1.82) is 0 Å². The van der Waals surface area contributed by atoms with E-state index in [1.807, 2.05) is 11.3 Å². The number of benzene rings is 5. The molecule has 3 heteroatoms. The zero-order chi connectivity index (χ0) is 22.0. The third-order valence-electron chi connectivity index (χ3n) is 6.39. The van der Waals surface area contributed by atoms with Crippen LogP contribution < -0.4 is 5.73 Å². The monoisotopic (exact) mass is 495 g/mol. The summed E-state index contributed by atoms with van der Waals surface area (Å²) < 4.78 is 2.34. The first-order valence-corrected chi connectivity index (χ1v) is 12.4. The summed E-state index contributed by atoms with van der Waals surface area (Å²) >= 11 is 5.79. The summed E-state index contributed by atoms with van der Waals surface area (Å²) in [7, 11) is 0. The number of hydrogen-bond acceptors (Lipinski definition) is 2. The molecule has 32 heavy (non-hydrogen) atoms. The minimum absolute atomic E-state index is 0.203. The van der Waals surface area contributed by atoms with Crippen molar-refractivity contribution in [1.82, 2.24) is 0 Å². The predicted molar refractivity (Wildman–Crippen MR) is 146 cm³/mol. The first-order valence-electron chi connectivity index (χ1n) is 10.8. The highest BCUT2D eigenvalue weighted by molar-refractivity contribution is 9.09. The van der Waals surface area contributed by atoms with Crippen LogP contribution in [-0.2, 0) is 4.32 Å². The van der Waals surface area contributed by atoms with Crippen LogP contribution in [-0.4, -0.2) is 0 Å². The maximum atomic E-state index is 7.12. The average Bonchev–Trinajstić information content (AvgIpc) is 3.19. The van der Waals surface area contributed by atoms with Crippen LogP contribution in [0.3, 0.4) is 0 Å². The molecule has 0 fully saturated rings. The van der Waals surface area contributed by atoms with E-state index >= 15 is 0 Å². The lowest BCUT2D eigenvalue weighted by Crippen LogP contribution is -2.10.